The minimum atomic E-state index is -0.488. The molecule has 2 saturated carbocycles. The molecule has 3 unspecified atom stereocenters. The van der Waals surface area contributed by atoms with E-state index in [2.05, 4.69) is 13.8 Å². The molecule has 0 radical (unpaired) electrons. The van der Waals surface area contributed by atoms with Crippen LogP contribution in [0.3, 0.4) is 0 Å². The van der Waals surface area contributed by atoms with Crippen LogP contribution in [0, 0.1) is 34.5 Å². The fourth-order valence-electron chi connectivity index (χ4n) is 7.35. The summed E-state index contributed by atoms with van der Waals surface area (Å²) in [6.45, 7) is 12.6. The first-order chi connectivity index (χ1) is 15.4. The first kappa shape index (κ1) is 24.7. The molecule has 4 aliphatic rings. The van der Waals surface area contributed by atoms with Crippen molar-refractivity contribution in [3.05, 3.63) is 11.3 Å². The van der Waals surface area contributed by atoms with E-state index in [1.165, 1.54) is 5.57 Å². The van der Waals surface area contributed by atoms with Gasteiger partial charge >= 0.3 is 11.9 Å². The highest BCUT2D eigenvalue weighted by molar-refractivity contribution is 5.77. The van der Waals surface area contributed by atoms with E-state index in [1.54, 1.807) is 7.11 Å². The molecule has 1 saturated heterocycles. The van der Waals surface area contributed by atoms with Gasteiger partial charge in [0.05, 0.1) is 17.9 Å². The van der Waals surface area contributed by atoms with Gasteiger partial charge in [0.25, 0.3) is 0 Å². The summed E-state index contributed by atoms with van der Waals surface area (Å²) in [7, 11) is 1.62. The Morgan fingerprint density at radius 3 is 2.55 bits per heavy atom. The number of hydrogen-bond acceptors (Lipinski definition) is 6. The van der Waals surface area contributed by atoms with Crippen LogP contribution in [0.25, 0.3) is 0 Å². The summed E-state index contributed by atoms with van der Waals surface area (Å²) in [5.41, 5.74) is 0.577. The maximum Gasteiger partial charge on any atom is 0.314 e. The standard InChI is InChI=1S/C27H42O6/c1-16(23(28)33-25(2,3)4)18-8-9-19-22-20(11-13-26(18,19)5)27(6)12-10-17(31-15-30-7)14-21(27)24(29)32-22/h16-18,20-21H,8-15H2,1-7H3/t16-,17?,18+,20-,21+,26?,27?/m0/s1. The maximum absolute atomic E-state index is 13.3. The Kier molecular flexibility index (Phi) is 6.50. The Labute approximate surface area is 198 Å². The molecule has 0 aromatic carbocycles. The smallest absolute Gasteiger partial charge is 0.314 e. The summed E-state index contributed by atoms with van der Waals surface area (Å²) in [6, 6.07) is 0. The average Bonchev–Trinajstić information content (AvgIpc) is 3.08. The highest BCUT2D eigenvalue weighted by Crippen LogP contribution is 2.64. The van der Waals surface area contributed by atoms with E-state index in [1.807, 2.05) is 27.7 Å². The van der Waals surface area contributed by atoms with Crippen LogP contribution < -0.4 is 0 Å². The number of carbonyl (C=O) groups is 2. The second-order valence-electron chi connectivity index (χ2n) is 12.3. The lowest BCUT2D eigenvalue weighted by Crippen LogP contribution is -2.53. The van der Waals surface area contributed by atoms with E-state index in [9.17, 15) is 9.59 Å². The summed E-state index contributed by atoms with van der Waals surface area (Å²) < 4.78 is 22.8. The van der Waals surface area contributed by atoms with Gasteiger partial charge in [0.1, 0.15) is 18.2 Å². The predicted octanol–water partition coefficient (Wildman–Crippen LogP) is 5.40. The molecule has 4 rings (SSSR count). The lowest BCUT2D eigenvalue weighted by atomic mass is 9.53. The zero-order valence-corrected chi connectivity index (χ0v) is 21.5. The Bertz CT molecular complexity index is 825. The van der Waals surface area contributed by atoms with E-state index < -0.39 is 5.60 Å². The van der Waals surface area contributed by atoms with Gasteiger partial charge in [0, 0.05) is 13.0 Å². The fourth-order valence-corrected chi connectivity index (χ4v) is 7.35. The minimum absolute atomic E-state index is 0.0455. The molecule has 6 heteroatoms. The Hall–Kier alpha value is -1.40. The second kappa shape index (κ2) is 8.67. The van der Waals surface area contributed by atoms with E-state index in [0.717, 1.165) is 44.3 Å². The van der Waals surface area contributed by atoms with E-state index in [4.69, 9.17) is 18.9 Å². The van der Waals surface area contributed by atoms with Crippen LogP contribution in [-0.2, 0) is 28.5 Å². The normalized spacial score (nSPS) is 39.3. The highest BCUT2D eigenvalue weighted by atomic mass is 16.7. The van der Waals surface area contributed by atoms with Crippen molar-refractivity contribution in [2.45, 2.75) is 98.2 Å². The van der Waals surface area contributed by atoms with Crippen LogP contribution in [0.4, 0.5) is 0 Å². The van der Waals surface area contributed by atoms with Gasteiger partial charge in [-0.25, -0.2) is 0 Å². The van der Waals surface area contributed by atoms with E-state index in [-0.39, 0.29) is 59.3 Å². The molecule has 3 fully saturated rings. The average molecular weight is 463 g/mol. The van der Waals surface area contributed by atoms with Gasteiger partial charge in [-0.15, -0.1) is 0 Å². The van der Waals surface area contributed by atoms with Gasteiger partial charge < -0.3 is 18.9 Å². The fraction of sp³-hybridized carbons (Fsp3) is 0.852. The van der Waals surface area contributed by atoms with Crippen LogP contribution in [0.15, 0.2) is 11.3 Å². The van der Waals surface area contributed by atoms with E-state index in [0.29, 0.717) is 6.42 Å². The summed E-state index contributed by atoms with van der Waals surface area (Å²) in [5.74, 6) is 0.867. The Morgan fingerprint density at radius 1 is 1.15 bits per heavy atom. The van der Waals surface area contributed by atoms with Crippen LogP contribution >= 0.6 is 0 Å². The van der Waals surface area contributed by atoms with Gasteiger partial charge in [0.2, 0.25) is 0 Å². The Morgan fingerprint density at radius 2 is 1.88 bits per heavy atom. The summed E-state index contributed by atoms with van der Waals surface area (Å²) in [6.07, 6.45) is 6.50. The third-order valence-electron chi connectivity index (χ3n) is 9.17. The van der Waals surface area contributed by atoms with Crippen molar-refractivity contribution >= 4 is 11.9 Å². The molecule has 33 heavy (non-hydrogen) atoms. The molecule has 1 heterocycles. The largest absolute Gasteiger partial charge is 0.460 e. The van der Waals surface area contributed by atoms with Crippen molar-refractivity contribution in [3.8, 4) is 0 Å². The topological polar surface area (TPSA) is 71.1 Å². The molecule has 1 aliphatic heterocycles. The molecule has 186 valence electrons. The first-order valence-corrected chi connectivity index (χ1v) is 12.7. The van der Waals surface area contributed by atoms with Crippen molar-refractivity contribution in [2.24, 2.45) is 34.5 Å². The zero-order valence-electron chi connectivity index (χ0n) is 21.5. The zero-order chi connectivity index (χ0) is 24.2. The maximum atomic E-state index is 13.3. The SMILES string of the molecule is COCOC1CCC2(C)[C@H](C1)C(=O)OC1=C3CC[C@H]([C@H](C)C(=O)OC(C)(C)C)C3(C)CC[C@@H]12. The first-order valence-electron chi connectivity index (χ1n) is 12.7. The monoisotopic (exact) mass is 462 g/mol. The number of carbonyl (C=O) groups excluding carboxylic acids is 2. The third kappa shape index (κ3) is 4.27. The molecule has 0 bridgehead atoms. The molecule has 0 aromatic heterocycles. The lowest BCUT2D eigenvalue weighted by molar-refractivity contribution is -0.177. The molecule has 0 N–H and O–H groups in total. The van der Waals surface area contributed by atoms with Crippen LogP contribution in [0.2, 0.25) is 0 Å². The number of fused-ring (bicyclic) bond motifs is 4. The van der Waals surface area contributed by atoms with Crippen LogP contribution in [0.5, 0.6) is 0 Å². The molecular weight excluding hydrogens is 420 g/mol. The molecule has 6 nitrogen and oxygen atoms in total. The quantitative estimate of drug-likeness (QED) is 0.403. The highest BCUT2D eigenvalue weighted by Gasteiger charge is 2.60. The van der Waals surface area contributed by atoms with Gasteiger partial charge in [-0.05, 0) is 88.0 Å². The van der Waals surface area contributed by atoms with Crippen molar-refractivity contribution in [3.63, 3.8) is 0 Å². The van der Waals surface area contributed by atoms with Gasteiger partial charge in [-0.1, -0.05) is 20.8 Å². The van der Waals surface area contributed by atoms with Crippen molar-refractivity contribution in [2.75, 3.05) is 13.9 Å². The minimum Gasteiger partial charge on any atom is -0.460 e. The van der Waals surface area contributed by atoms with Gasteiger partial charge in [-0.3, -0.25) is 9.59 Å². The van der Waals surface area contributed by atoms with Crippen molar-refractivity contribution in [1.82, 2.24) is 0 Å². The molecule has 3 aliphatic carbocycles. The van der Waals surface area contributed by atoms with Gasteiger partial charge in [-0.2, -0.15) is 0 Å². The number of rotatable bonds is 5. The number of ether oxygens (including phenoxy) is 4. The predicted molar refractivity (Wildman–Crippen MR) is 124 cm³/mol. The molecule has 7 atom stereocenters. The summed E-state index contributed by atoms with van der Waals surface area (Å²) >= 11 is 0. The summed E-state index contributed by atoms with van der Waals surface area (Å²) in [5, 5.41) is 0. The number of esters is 2. The summed E-state index contributed by atoms with van der Waals surface area (Å²) in [4.78, 5) is 26.2. The van der Waals surface area contributed by atoms with Crippen LogP contribution in [0.1, 0.15) is 86.5 Å². The van der Waals surface area contributed by atoms with Gasteiger partial charge in [0.15, 0.2) is 0 Å². The van der Waals surface area contributed by atoms with Crippen LogP contribution in [-0.4, -0.2) is 37.5 Å². The van der Waals surface area contributed by atoms with Crippen molar-refractivity contribution < 1.29 is 28.5 Å². The number of methoxy groups -OCH3 is 1. The number of hydrogen-bond donors (Lipinski definition) is 0. The molecule has 0 amide bonds. The molecule has 0 aromatic rings. The van der Waals surface area contributed by atoms with Crippen molar-refractivity contribution in [1.29, 1.82) is 0 Å². The molecule has 0 spiro atoms. The second-order valence-corrected chi connectivity index (χ2v) is 12.3. The molecular formula is C27H42O6. The number of allylic oxidation sites excluding steroid dienone is 2. The Balaban J connectivity index is 1.58. The van der Waals surface area contributed by atoms with E-state index >= 15 is 0 Å². The third-order valence-corrected chi connectivity index (χ3v) is 9.17. The lowest BCUT2D eigenvalue weighted by Gasteiger charge is -2.54.